The molecule has 15 heavy (non-hydrogen) atoms. The number of carboxylic acid groups (broad SMARTS) is 1. The van der Waals surface area contributed by atoms with Crippen LogP contribution in [-0.2, 0) is 4.79 Å². The van der Waals surface area contributed by atoms with Gasteiger partial charge in [-0.05, 0) is 13.0 Å². The number of carboxylic acids is 1. The van der Waals surface area contributed by atoms with Crippen LogP contribution in [0.1, 0.15) is 17.0 Å². The number of hydrogen-bond donors (Lipinski definition) is 1. The normalized spacial score (nSPS) is 12.9. The molecule has 0 saturated carbocycles. The topological polar surface area (TPSA) is 37.3 Å². The molecular formula is C10H9F3O2. The van der Waals surface area contributed by atoms with Crippen molar-refractivity contribution in [3.05, 3.63) is 35.1 Å². The monoisotopic (exact) mass is 218 g/mol. The smallest absolute Gasteiger partial charge is 0.316 e. The molecule has 1 N–H and O–H groups in total. The van der Waals surface area contributed by atoms with Crippen molar-refractivity contribution in [3.63, 3.8) is 0 Å². The summed E-state index contributed by atoms with van der Waals surface area (Å²) in [5.74, 6) is -4.76. The van der Waals surface area contributed by atoms with E-state index in [9.17, 15) is 18.0 Å². The standard InChI is InChI=1S/C10H9F3O2/c1-5-2-3-7(11)6(4-5)8(9(12)13)10(14)15/h2-4,8-9H,1H3,(H,14,15). The van der Waals surface area contributed by atoms with Crippen molar-refractivity contribution in [2.75, 3.05) is 0 Å². The first-order chi connectivity index (χ1) is 6.93. The zero-order valence-electron chi connectivity index (χ0n) is 7.88. The molecule has 1 atom stereocenters. The number of benzene rings is 1. The third-order valence-electron chi connectivity index (χ3n) is 2.00. The second kappa shape index (κ2) is 4.33. The van der Waals surface area contributed by atoms with Crippen molar-refractivity contribution in [2.24, 2.45) is 0 Å². The fraction of sp³-hybridized carbons (Fsp3) is 0.300. The fourth-order valence-corrected chi connectivity index (χ4v) is 1.28. The molecule has 0 radical (unpaired) electrons. The lowest BCUT2D eigenvalue weighted by molar-refractivity contribution is -0.142. The lowest BCUT2D eigenvalue weighted by atomic mass is 9.97. The average Bonchev–Trinajstić information content (AvgIpc) is 2.10. The molecule has 0 amide bonds. The summed E-state index contributed by atoms with van der Waals surface area (Å²) >= 11 is 0. The Kier molecular flexibility index (Phi) is 3.34. The highest BCUT2D eigenvalue weighted by Crippen LogP contribution is 2.26. The van der Waals surface area contributed by atoms with Crippen LogP contribution in [0.3, 0.4) is 0 Å². The molecule has 0 spiro atoms. The van der Waals surface area contributed by atoms with E-state index in [0.717, 1.165) is 12.1 Å². The maximum Gasteiger partial charge on any atom is 0.316 e. The highest BCUT2D eigenvalue weighted by Gasteiger charge is 2.32. The van der Waals surface area contributed by atoms with Crippen molar-refractivity contribution >= 4 is 5.97 Å². The van der Waals surface area contributed by atoms with Crippen molar-refractivity contribution in [3.8, 4) is 0 Å². The van der Waals surface area contributed by atoms with Crippen LogP contribution in [0.4, 0.5) is 13.2 Å². The van der Waals surface area contributed by atoms with Crippen molar-refractivity contribution in [2.45, 2.75) is 19.3 Å². The van der Waals surface area contributed by atoms with E-state index >= 15 is 0 Å². The highest BCUT2D eigenvalue weighted by molar-refractivity contribution is 5.76. The largest absolute Gasteiger partial charge is 0.481 e. The zero-order valence-corrected chi connectivity index (χ0v) is 7.88. The van der Waals surface area contributed by atoms with Crippen LogP contribution < -0.4 is 0 Å². The second-order valence-corrected chi connectivity index (χ2v) is 3.18. The van der Waals surface area contributed by atoms with E-state index in [4.69, 9.17) is 5.11 Å². The van der Waals surface area contributed by atoms with Gasteiger partial charge >= 0.3 is 5.97 Å². The van der Waals surface area contributed by atoms with Gasteiger partial charge in [0.15, 0.2) is 0 Å². The first-order valence-electron chi connectivity index (χ1n) is 4.20. The molecule has 0 aliphatic rings. The molecule has 0 aromatic heterocycles. The van der Waals surface area contributed by atoms with Crippen molar-refractivity contribution < 1.29 is 23.1 Å². The molecule has 0 aliphatic carbocycles. The Bertz CT molecular complexity index is 377. The number of aryl methyl sites for hydroxylation is 1. The van der Waals surface area contributed by atoms with Crippen molar-refractivity contribution in [1.82, 2.24) is 0 Å². The molecule has 1 unspecified atom stereocenters. The summed E-state index contributed by atoms with van der Waals surface area (Å²) in [6.45, 7) is 1.58. The molecule has 0 aliphatic heterocycles. The quantitative estimate of drug-likeness (QED) is 0.846. The van der Waals surface area contributed by atoms with Crippen LogP contribution in [0.15, 0.2) is 18.2 Å². The van der Waals surface area contributed by atoms with E-state index in [1.807, 2.05) is 0 Å². The Morgan fingerprint density at radius 3 is 2.47 bits per heavy atom. The first-order valence-corrected chi connectivity index (χ1v) is 4.20. The summed E-state index contributed by atoms with van der Waals surface area (Å²) in [7, 11) is 0. The molecule has 1 aromatic rings. The third-order valence-corrected chi connectivity index (χ3v) is 2.00. The molecule has 2 nitrogen and oxygen atoms in total. The second-order valence-electron chi connectivity index (χ2n) is 3.18. The van der Waals surface area contributed by atoms with Gasteiger partial charge in [-0.1, -0.05) is 17.7 Å². The highest BCUT2D eigenvalue weighted by atomic mass is 19.3. The minimum Gasteiger partial charge on any atom is -0.481 e. The van der Waals surface area contributed by atoms with Crippen LogP contribution in [0.5, 0.6) is 0 Å². The van der Waals surface area contributed by atoms with E-state index < -0.39 is 29.7 Å². The zero-order chi connectivity index (χ0) is 11.6. The minimum atomic E-state index is -3.13. The summed E-state index contributed by atoms with van der Waals surface area (Å²) in [5, 5.41) is 8.57. The minimum absolute atomic E-state index is 0.475. The lowest BCUT2D eigenvalue weighted by Crippen LogP contribution is -2.20. The molecule has 0 saturated heterocycles. The number of alkyl halides is 2. The maximum absolute atomic E-state index is 13.1. The summed E-state index contributed by atoms with van der Waals surface area (Å²) in [6.07, 6.45) is -3.13. The molecule has 1 rings (SSSR count). The van der Waals surface area contributed by atoms with Gasteiger partial charge in [-0.15, -0.1) is 0 Å². The Morgan fingerprint density at radius 1 is 1.40 bits per heavy atom. The first kappa shape index (κ1) is 11.6. The molecule has 0 fully saturated rings. The number of halogens is 3. The Labute approximate surface area is 84.3 Å². The Hall–Kier alpha value is -1.52. The predicted molar refractivity (Wildman–Crippen MR) is 47.5 cm³/mol. The van der Waals surface area contributed by atoms with E-state index in [1.165, 1.54) is 6.07 Å². The van der Waals surface area contributed by atoms with Crippen LogP contribution in [-0.4, -0.2) is 17.5 Å². The lowest BCUT2D eigenvalue weighted by Gasteiger charge is -2.12. The molecule has 1 aromatic carbocycles. The fourth-order valence-electron chi connectivity index (χ4n) is 1.28. The van der Waals surface area contributed by atoms with Gasteiger partial charge in [0.25, 0.3) is 6.43 Å². The molecule has 0 bridgehead atoms. The van der Waals surface area contributed by atoms with Crippen molar-refractivity contribution in [1.29, 1.82) is 0 Å². The molecule has 5 heteroatoms. The number of aliphatic carboxylic acids is 1. The summed E-state index contributed by atoms with van der Waals surface area (Å²) in [4.78, 5) is 10.6. The van der Waals surface area contributed by atoms with Gasteiger partial charge in [0.05, 0.1) is 0 Å². The maximum atomic E-state index is 13.1. The van der Waals surface area contributed by atoms with E-state index in [-0.39, 0.29) is 0 Å². The number of rotatable bonds is 3. The number of carbonyl (C=O) groups is 1. The van der Waals surface area contributed by atoms with Gasteiger partial charge in [0, 0.05) is 5.56 Å². The third kappa shape index (κ3) is 2.49. The van der Waals surface area contributed by atoms with Gasteiger partial charge < -0.3 is 5.11 Å². The van der Waals surface area contributed by atoms with Gasteiger partial charge in [-0.3, -0.25) is 4.79 Å². The van der Waals surface area contributed by atoms with E-state index in [0.29, 0.717) is 5.56 Å². The summed E-state index contributed by atoms with van der Waals surface area (Å²) in [6, 6.07) is 3.51. The summed E-state index contributed by atoms with van der Waals surface area (Å²) in [5.41, 5.74) is 0.0656. The Balaban J connectivity index is 3.22. The van der Waals surface area contributed by atoms with Crippen LogP contribution in [0, 0.1) is 12.7 Å². The Morgan fingerprint density at radius 2 is 2.00 bits per heavy atom. The van der Waals surface area contributed by atoms with Gasteiger partial charge in [0.1, 0.15) is 11.7 Å². The molecule has 0 heterocycles. The van der Waals surface area contributed by atoms with Crippen LogP contribution >= 0.6 is 0 Å². The SMILES string of the molecule is Cc1ccc(F)c(C(C(=O)O)C(F)F)c1. The van der Waals surface area contributed by atoms with Gasteiger partial charge in [-0.2, -0.15) is 0 Å². The average molecular weight is 218 g/mol. The van der Waals surface area contributed by atoms with Gasteiger partial charge in [0.2, 0.25) is 0 Å². The van der Waals surface area contributed by atoms with E-state index in [2.05, 4.69) is 0 Å². The van der Waals surface area contributed by atoms with E-state index in [1.54, 1.807) is 6.92 Å². The van der Waals surface area contributed by atoms with Gasteiger partial charge in [-0.25, -0.2) is 13.2 Å². The predicted octanol–water partition coefficient (Wildman–Crippen LogP) is 2.57. The molecular weight excluding hydrogens is 209 g/mol. The van der Waals surface area contributed by atoms with Crippen LogP contribution in [0.2, 0.25) is 0 Å². The molecule has 82 valence electrons. The number of hydrogen-bond acceptors (Lipinski definition) is 1. The summed E-state index contributed by atoms with van der Waals surface area (Å²) < 4.78 is 37.9. The van der Waals surface area contributed by atoms with Crippen LogP contribution in [0.25, 0.3) is 0 Å².